The molecule has 0 saturated heterocycles. The van der Waals surface area contributed by atoms with Gasteiger partial charge in [0.1, 0.15) is 21.7 Å². The van der Waals surface area contributed by atoms with E-state index in [0.29, 0.717) is 16.8 Å². The van der Waals surface area contributed by atoms with E-state index >= 15 is 0 Å². The standard InChI is InChI=1S/C12H13BrClN3O3S/c13-10-5-3-6-11(15-10)16-12(18)9-4-1-2-7-17(9)21(19,20)8-14/h1-3,5-6,9H,4,7-8H2,(H,15,16,18)/t9-/m0/s1. The topological polar surface area (TPSA) is 79.4 Å². The Morgan fingerprint density at radius 1 is 1.48 bits per heavy atom. The third-order valence-electron chi connectivity index (χ3n) is 2.92. The molecule has 0 unspecified atom stereocenters. The van der Waals surface area contributed by atoms with Crippen molar-refractivity contribution >= 4 is 49.3 Å². The number of alkyl halides is 1. The van der Waals surface area contributed by atoms with E-state index in [4.69, 9.17) is 11.6 Å². The van der Waals surface area contributed by atoms with Crippen LogP contribution in [-0.4, -0.2) is 41.4 Å². The highest BCUT2D eigenvalue weighted by molar-refractivity contribution is 9.10. The van der Waals surface area contributed by atoms with Crippen LogP contribution in [0.2, 0.25) is 0 Å². The Bertz CT molecular complexity index is 665. The first-order valence-corrected chi connectivity index (χ1v) is 9.01. The first kappa shape index (κ1) is 16.4. The molecule has 2 heterocycles. The molecular weight excluding hydrogens is 382 g/mol. The van der Waals surface area contributed by atoms with Gasteiger partial charge in [-0.3, -0.25) is 4.79 Å². The molecule has 9 heteroatoms. The fourth-order valence-corrected chi connectivity index (χ4v) is 3.67. The van der Waals surface area contributed by atoms with Gasteiger partial charge < -0.3 is 5.32 Å². The monoisotopic (exact) mass is 393 g/mol. The molecule has 1 atom stereocenters. The molecule has 2 rings (SSSR count). The Labute approximate surface area is 136 Å². The molecule has 6 nitrogen and oxygen atoms in total. The minimum Gasteiger partial charge on any atom is -0.309 e. The molecule has 114 valence electrons. The fourth-order valence-electron chi connectivity index (χ4n) is 1.94. The predicted molar refractivity (Wildman–Crippen MR) is 84.5 cm³/mol. The van der Waals surface area contributed by atoms with E-state index in [1.54, 1.807) is 30.4 Å². The van der Waals surface area contributed by atoms with E-state index in [0.717, 1.165) is 4.31 Å². The average molecular weight is 395 g/mol. The molecule has 1 aliphatic rings. The lowest BCUT2D eigenvalue weighted by Crippen LogP contribution is -2.49. The SMILES string of the molecule is O=C(Nc1cccc(Br)n1)[C@@H]1CC=CCN1S(=O)(=O)CCl. The zero-order valence-corrected chi connectivity index (χ0v) is 14.0. The highest BCUT2D eigenvalue weighted by atomic mass is 79.9. The molecule has 0 aromatic carbocycles. The molecule has 21 heavy (non-hydrogen) atoms. The van der Waals surface area contributed by atoms with Gasteiger partial charge in [0.05, 0.1) is 0 Å². The lowest BCUT2D eigenvalue weighted by atomic mass is 10.1. The summed E-state index contributed by atoms with van der Waals surface area (Å²) in [4.78, 5) is 16.4. The second-order valence-corrected chi connectivity index (χ2v) is 7.67. The highest BCUT2D eigenvalue weighted by Crippen LogP contribution is 2.19. The summed E-state index contributed by atoms with van der Waals surface area (Å²) in [6.07, 6.45) is 3.78. The zero-order chi connectivity index (χ0) is 15.5. The zero-order valence-electron chi connectivity index (χ0n) is 10.9. The van der Waals surface area contributed by atoms with Crippen LogP contribution >= 0.6 is 27.5 Å². The maximum absolute atomic E-state index is 12.3. The lowest BCUT2D eigenvalue weighted by Gasteiger charge is -2.30. The smallest absolute Gasteiger partial charge is 0.244 e. The Kier molecular flexibility index (Phi) is 5.37. The number of nitrogens with one attached hydrogen (secondary N) is 1. The lowest BCUT2D eigenvalue weighted by molar-refractivity contribution is -0.119. The first-order valence-electron chi connectivity index (χ1n) is 6.08. The number of rotatable bonds is 4. The van der Waals surface area contributed by atoms with Gasteiger partial charge >= 0.3 is 0 Å². The van der Waals surface area contributed by atoms with Crippen LogP contribution in [0.3, 0.4) is 0 Å². The third-order valence-corrected chi connectivity index (χ3v) is 5.59. The van der Waals surface area contributed by atoms with Crippen LogP contribution in [0.4, 0.5) is 5.82 Å². The van der Waals surface area contributed by atoms with Gasteiger partial charge in [-0.2, -0.15) is 4.31 Å². The van der Waals surface area contributed by atoms with Gasteiger partial charge in [0.2, 0.25) is 15.9 Å². The molecule has 1 aromatic rings. The van der Waals surface area contributed by atoms with Crippen molar-refractivity contribution in [2.75, 3.05) is 17.1 Å². The van der Waals surface area contributed by atoms with Gasteiger partial charge in [0, 0.05) is 6.54 Å². The number of hydrogen-bond donors (Lipinski definition) is 1. The van der Waals surface area contributed by atoms with E-state index in [9.17, 15) is 13.2 Å². The van der Waals surface area contributed by atoms with Gasteiger partial charge in [-0.25, -0.2) is 13.4 Å². The van der Waals surface area contributed by atoms with Crippen molar-refractivity contribution in [2.24, 2.45) is 0 Å². The molecule has 0 aliphatic carbocycles. The van der Waals surface area contributed by atoms with Crippen LogP contribution < -0.4 is 5.32 Å². The number of carbonyl (C=O) groups is 1. The van der Waals surface area contributed by atoms with Crippen molar-refractivity contribution in [3.63, 3.8) is 0 Å². The predicted octanol–water partition coefficient (Wildman–Crippen LogP) is 1.94. The van der Waals surface area contributed by atoms with E-state index < -0.39 is 27.2 Å². The summed E-state index contributed by atoms with van der Waals surface area (Å²) in [6.45, 7) is 0.138. The van der Waals surface area contributed by atoms with Crippen LogP contribution in [0.15, 0.2) is 35.0 Å². The third kappa shape index (κ3) is 4.03. The number of amides is 1. The number of carbonyl (C=O) groups excluding carboxylic acids is 1. The van der Waals surface area contributed by atoms with Crippen LogP contribution in [0.25, 0.3) is 0 Å². The second-order valence-electron chi connectivity index (χ2n) is 4.35. The Balaban J connectivity index is 2.18. The molecule has 0 radical (unpaired) electrons. The second kappa shape index (κ2) is 6.87. The summed E-state index contributed by atoms with van der Waals surface area (Å²) in [7, 11) is -3.66. The average Bonchev–Trinajstić information content (AvgIpc) is 2.47. The maximum Gasteiger partial charge on any atom is 0.244 e. The van der Waals surface area contributed by atoms with Crippen molar-refractivity contribution in [2.45, 2.75) is 12.5 Å². The number of sulfonamides is 1. The molecule has 0 fully saturated rings. The summed E-state index contributed by atoms with van der Waals surface area (Å²) in [5, 5.41) is 2.06. The number of anilines is 1. The van der Waals surface area contributed by atoms with E-state index in [1.807, 2.05) is 0 Å². The van der Waals surface area contributed by atoms with Gasteiger partial charge in [0.15, 0.2) is 0 Å². The minimum atomic E-state index is -3.66. The normalized spacial score (nSPS) is 19.4. The molecule has 1 aliphatic heterocycles. The van der Waals surface area contributed by atoms with Crippen molar-refractivity contribution in [3.8, 4) is 0 Å². The van der Waals surface area contributed by atoms with Crippen molar-refractivity contribution in [1.29, 1.82) is 0 Å². The maximum atomic E-state index is 12.3. The molecule has 1 amide bonds. The van der Waals surface area contributed by atoms with Crippen LogP contribution in [-0.2, 0) is 14.8 Å². The van der Waals surface area contributed by atoms with Crippen molar-refractivity contribution in [1.82, 2.24) is 9.29 Å². The van der Waals surface area contributed by atoms with E-state index in [2.05, 4.69) is 26.2 Å². The Morgan fingerprint density at radius 3 is 2.90 bits per heavy atom. The van der Waals surface area contributed by atoms with Gasteiger partial charge in [-0.1, -0.05) is 18.2 Å². The highest BCUT2D eigenvalue weighted by Gasteiger charge is 2.34. The van der Waals surface area contributed by atoms with Gasteiger partial charge in [-0.15, -0.1) is 11.6 Å². The minimum absolute atomic E-state index is 0.138. The quantitative estimate of drug-likeness (QED) is 0.481. The van der Waals surface area contributed by atoms with Crippen molar-refractivity contribution in [3.05, 3.63) is 35.0 Å². The number of hydrogen-bond acceptors (Lipinski definition) is 4. The van der Waals surface area contributed by atoms with Crippen molar-refractivity contribution < 1.29 is 13.2 Å². The number of halogens is 2. The van der Waals surface area contributed by atoms with Gasteiger partial charge in [0.25, 0.3) is 0 Å². The van der Waals surface area contributed by atoms with Crippen LogP contribution in [0.5, 0.6) is 0 Å². The largest absolute Gasteiger partial charge is 0.309 e. The molecular formula is C12H13BrClN3O3S. The summed E-state index contributed by atoms with van der Waals surface area (Å²) in [5.74, 6) is -0.0780. The molecule has 0 saturated carbocycles. The van der Waals surface area contributed by atoms with E-state index in [-0.39, 0.29) is 6.54 Å². The summed E-state index contributed by atoms with van der Waals surface area (Å²) >= 11 is 8.68. The van der Waals surface area contributed by atoms with Gasteiger partial charge in [-0.05, 0) is 34.5 Å². The molecule has 1 aromatic heterocycles. The molecule has 0 spiro atoms. The fraction of sp³-hybridized carbons (Fsp3) is 0.333. The Morgan fingerprint density at radius 2 is 2.24 bits per heavy atom. The summed E-state index contributed by atoms with van der Waals surface area (Å²) in [6, 6.07) is 4.26. The number of aromatic nitrogens is 1. The Hall–Kier alpha value is -0.960. The number of nitrogens with zero attached hydrogens (tertiary/aromatic N) is 2. The molecule has 0 bridgehead atoms. The van der Waals surface area contributed by atoms with Crippen LogP contribution in [0, 0.1) is 0 Å². The van der Waals surface area contributed by atoms with E-state index in [1.165, 1.54) is 0 Å². The number of pyridine rings is 1. The first-order chi connectivity index (χ1) is 9.94. The summed E-state index contributed by atoms with van der Waals surface area (Å²) < 4.78 is 25.5. The molecule has 1 N–H and O–H groups in total. The summed E-state index contributed by atoms with van der Waals surface area (Å²) in [5.41, 5.74) is 0. The van der Waals surface area contributed by atoms with Crippen LogP contribution in [0.1, 0.15) is 6.42 Å².